The Hall–Kier alpha value is -2.57. The SMILES string of the molecule is CCCCCCCCCCCCC(=O)Nc1ccc(C(CC)N(Cc2cc(Cl)cc(Cl)c2)C(=O)C(=O)O)cc1. The minimum Gasteiger partial charge on any atom is -0.474 e. The molecule has 1 unspecified atom stereocenters. The van der Waals surface area contributed by atoms with Gasteiger partial charge in [0.25, 0.3) is 0 Å². The number of hydrogen-bond acceptors (Lipinski definition) is 3. The van der Waals surface area contributed by atoms with E-state index in [0.29, 0.717) is 34.1 Å². The van der Waals surface area contributed by atoms with Crippen molar-refractivity contribution in [3.8, 4) is 0 Å². The van der Waals surface area contributed by atoms with Crippen LogP contribution in [0.4, 0.5) is 5.69 Å². The summed E-state index contributed by atoms with van der Waals surface area (Å²) in [6.45, 7) is 4.16. The van der Waals surface area contributed by atoms with Crippen LogP contribution >= 0.6 is 23.2 Å². The summed E-state index contributed by atoms with van der Waals surface area (Å²) in [7, 11) is 0. The van der Waals surface area contributed by atoms with Gasteiger partial charge in [-0.05, 0) is 54.3 Å². The highest BCUT2D eigenvalue weighted by molar-refractivity contribution is 6.34. The standard InChI is InChI=1S/C31H42Cl2N2O4/c1-3-5-6-7-8-9-10-11-12-13-14-29(36)34-27-17-15-24(16-18-27)28(4-2)35(30(37)31(38)39)22-23-19-25(32)21-26(33)20-23/h15-21,28H,3-14,22H2,1-2H3,(H,34,36)(H,38,39). The first-order valence-corrected chi connectivity index (χ1v) is 14.9. The van der Waals surface area contributed by atoms with Gasteiger partial charge in [-0.15, -0.1) is 0 Å². The third kappa shape index (κ3) is 12.0. The Bertz CT molecular complexity index is 1040. The van der Waals surface area contributed by atoms with Gasteiger partial charge in [0.05, 0.1) is 6.04 Å². The summed E-state index contributed by atoms with van der Waals surface area (Å²) in [5.41, 5.74) is 2.08. The highest BCUT2D eigenvalue weighted by Crippen LogP contribution is 2.29. The number of benzene rings is 2. The third-order valence-corrected chi connectivity index (χ3v) is 7.26. The Morgan fingerprint density at radius 2 is 1.36 bits per heavy atom. The number of carbonyl (C=O) groups is 3. The molecule has 2 aromatic carbocycles. The summed E-state index contributed by atoms with van der Waals surface area (Å²) in [4.78, 5) is 38.0. The first kappa shape index (κ1) is 32.6. The normalized spacial score (nSPS) is 11.7. The highest BCUT2D eigenvalue weighted by Gasteiger charge is 2.29. The first-order valence-electron chi connectivity index (χ1n) is 14.1. The van der Waals surface area contributed by atoms with Crippen molar-refractivity contribution < 1.29 is 19.5 Å². The molecule has 2 N–H and O–H groups in total. The van der Waals surface area contributed by atoms with Gasteiger partial charge in [-0.3, -0.25) is 9.59 Å². The molecule has 0 fully saturated rings. The molecule has 0 aliphatic carbocycles. The molecule has 0 aliphatic heterocycles. The molecule has 0 aromatic heterocycles. The predicted molar refractivity (Wildman–Crippen MR) is 159 cm³/mol. The Morgan fingerprint density at radius 3 is 1.87 bits per heavy atom. The zero-order chi connectivity index (χ0) is 28.6. The second kappa shape index (κ2) is 17.9. The van der Waals surface area contributed by atoms with Gasteiger partial charge in [0.2, 0.25) is 5.91 Å². The molecule has 2 rings (SSSR count). The van der Waals surface area contributed by atoms with E-state index in [1.54, 1.807) is 30.3 Å². The summed E-state index contributed by atoms with van der Waals surface area (Å²) in [5, 5.41) is 13.2. The Labute approximate surface area is 243 Å². The second-order valence-electron chi connectivity index (χ2n) is 10.0. The van der Waals surface area contributed by atoms with E-state index in [2.05, 4.69) is 12.2 Å². The van der Waals surface area contributed by atoms with E-state index >= 15 is 0 Å². The van der Waals surface area contributed by atoms with Crippen molar-refractivity contribution in [1.82, 2.24) is 4.90 Å². The van der Waals surface area contributed by atoms with Gasteiger partial charge in [-0.2, -0.15) is 0 Å². The number of nitrogens with zero attached hydrogens (tertiary/aromatic N) is 1. The number of aliphatic carboxylic acids is 1. The summed E-state index contributed by atoms with van der Waals surface area (Å²) in [6, 6.07) is 11.6. The minimum atomic E-state index is -1.53. The van der Waals surface area contributed by atoms with Gasteiger partial charge in [-0.25, -0.2) is 4.79 Å². The molecular formula is C31H42Cl2N2O4. The summed E-state index contributed by atoms with van der Waals surface area (Å²) < 4.78 is 0. The lowest BCUT2D eigenvalue weighted by atomic mass is 10.0. The fourth-order valence-electron chi connectivity index (χ4n) is 4.77. The number of amides is 2. The topological polar surface area (TPSA) is 86.7 Å². The van der Waals surface area contributed by atoms with E-state index in [4.69, 9.17) is 23.2 Å². The molecule has 0 radical (unpaired) electrons. The molecule has 2 amide bonds. The predicted octanol–water partition coefficient (Wildman–Crippen LogP) is 8.81. The fraction of sp³-hybridized carbons (Fsp3) is 0.516. The molecule has 0 heterocycles. The number of rotatable bonds is 17. The summed E-state index contributed by atoms with van der Waals surface area (Å²) in [5.74, 6) is -2.56. The van der Waals surface area contributed by atoms with Crippen LogP contribution < -0.4 is 5.32 Å². The average molecular weight is 578 g/mol. The van der Waals surface area contributed by atoms with Crippen LogP contribution in [0, 0.1) is 0 Å². The van der Waals surface area contributed by atoms with E-state index in [-0.39, 0.29) is 12.5 Å². The molecule has 214 valence electrons. The van der Waals surface area contributed by atoms with Gasteiger partial charge in [0.1, 0.15) is 0 Å². The average Bonchev–Trinajstić information content (AvgIpc) is 2.89. The van der Waals surface area contributed by atoms with Crippen molar-refractivity contribution >= 4 is 46.7 Å². The maximum atomic E-state index is 12.6. The Morgan fingerprint density at radius 1 is 0.821 bits per heavy atom. The number of nitrogens with one attached hydrogen (secondary N) is 1. The second-order valence-corrected chi connectivity index (χ2v) is 10.9. The van der Waals surface area contributed by atoms with E-state index in [1.165, 1.54) is 56.3 Å². The largest absolute Gasteiger partial charge is 0.474 e. The van der Waals surface area contributed by atoms with Crippen molar-refractivity contribution in [1.29, 1.82) is 0 Å². The number of unbranched alkanes of at least 4 members (excludes halogenated alkanes) is 9. The third-order valence-electron chi connectivity index (χ3n) is 6.82. The van der Waals surface area contributed by atoms with Crippen LogP contribution in [0.1, 0.15) is 108 Å². The zero-order valence-corrected chi connectivity index (χ0v) is 24.7. The lowest BCUT2D eigenvalue weighted by molar-refractivity contribution is -0.157. The quantitative estimate of drug-likeness (QED) is 0.145. The van der Waals surface area contributed by atoms with Crippen molar-refractivity contribution in [2.24, 2.45) is 0 Å². The molecule has 6 nitrogen and oxygen atoms in total. The number of halogens is 2. The molecule has 0 bridgehead atoms. The molecule has 39 heavy (non-hydrogen) atoms. The number of carbonyl (C=O) groups excluding carboxylic acids is 2. The van der Waals surface area contributed by atoms with Gasteiger partial charge in [-0.1, -0.05) is 107 Å². The van der Waals surface area contributed by atoms with Crippen molar-refractivity contribution in [3.63, 3.8) is 0 Å². The van der Waals surface area contributed by atoms with E-state index < -0.39 is 17.9 Å². The number of anilines is 1. The molecule has 0 saturated heterocycles. The van der Waals surface area contributed by atoms with Crippen molar-refractivity contribution in [2.45, 2.75) is 103 Å². The first-order chi connectivity index (χ1) is 18.7. The van der Waals surface area contributed by atoms with E-state index in [0.717, 1.165) is 18.4 Å². The lowest BCUT2D eigenvalue weighted by Crippen LogP contribution is -2.38. The maximum absolute atomic E-state index is 12.6. The van der Waals surface area contributed by atoms with Crippen LogP contribution in [0.3, 0.4) is 0 Å². The van der Waals surface area contributed by atoms with Crippen LogP contribution in [0.15, 0.2) is 42.5 Å². The van der Waals surface area contributed by atoms with Crippen molar-refractivity contribution in [2.75, 3.05) is 5.32 Å². The zero-order valence-electron chi connectivity index (χ0n) is 23.2. The molecule has 8 heteroatoms. The molecule has 2 aromatic rings. The summed E-state index contributed by atoms with van der Waals surface area (Å²) >= 11 is 12.2. The monoisotopic (exact) mass is 576 g/mol. The van der Waals surface area contributed by atoms with E-state index in [1.807, 2.05) is 19.1 Å². The van der Waals surface area contributed by atoms with Crippen LogP contribution in [-0.2, 0) is 20.9 Å². The maximum Gasteiger partial charge on any atom is 0.394 e. The van der Waals surface area contributed by atoms with Crippen LogP contribution in [0.2, 0.25) is 10.0 Å². The highest BCUT2D eigenvalue weighted by atomic mass is 35.5. The number of carboxylic acids is 1. The van der Waals surface area contributed by atoms with Crippen LogP contribution in [0.5, 0.6) is 0 Å². The van der Waals surface area contributed by atoms with Gasteiger partial charge in [0.15, 0.2) is 0 Å². The molecule has 0 spiro atoms. The van der Waals surface area contributed by atoms with Crippen molar-refractivity contribution in [3.05, 3.63) is 63.6 Å². The molecular weight excluding hydrogens is 535 g/mol. The van der Waals surface area contributed by atoms with Gasteiger partial charge in [0, 0.05) is 28.7 Å². The van der Waals surface area contributed by atoms with Gasteiger partial charge >= 0.3 is 11.9 Å². The van der Waals surface area contributed by atoms with Crippen LogP contribution in [-0.4, -0.2) is 27.8 Å². The summed E-state index contributed by atoms with van der Waals surface area (Å²) in [6.07, 6.45) is 13.2. The lowest BCUT2D eigenvalue weighted by Gasteiger charge is -2.30. The molecule has 1 atom stereocenters. The van der Waals surface area contributed by atoms with E-state index in [9.17, 15) is 19.5 Å². The fourth-order valence-corrected chi connectivity index (χ4v) is 5.34. The smallest absolute Gasteiger partial charge is 0.394 e. The van der Waals surface area contributed by atoms with Crippen LogP contribution in [0.25, 0.3) is 0 Å². The number of carboxylic acid groups (broad SMARTS) is 1. The Balaban J connectivity index is 1.90. The molecule has 0 aliphatic rings. The van der Waals surface area contributed by atoms with Gasteiger partial charge < -0.3 is 15.3 Å². The molecule has 0 saturated carbocycles. The Kier molecular flexibility index (Phi) is 15.0. The minimum absolute atomic E-state index is 0.0186. The number of hydrogen-bond donors (Lipinski definition) is 2.